The van der Waals surface area contributed by atoms with Gasteiger partial charge in [0, 0.05) is 19.8 Å². The molecule has 0 radical (unpaired) electrons. The molecule has 0 saturated heterocycles. The number of nitrogens with zero attached hydrogens (tertiary/aromatic N) is 2. The number of amidine groups is 1. The Morgan fingerprint density at radius 2 is 2.10 bits per heavy atom. The third-order valence-electron chi connectivity index (χ3n) is 1.03. The van der Waals surface area contributed by atoms with Crippen LogP contribution in [0.15, 0.2) is 17.3 Å². The topological polar surface area (TPSA) is 15.6 Å². The second-order valence-electron chi connectivity index (χ2n) is 2.20. The molecule has 0 aromatic rings. The van der Waals surface area contributed by atoms with Gasteiger partial charge in [0.05, 0.1) is 0 Å². The highest BCUT2D eigenvalue weighted by molar-refractivity contribution is 6.64. The summed E-state index contributed by atoms with van der Waals surface area (Å²) in [6.45, 7) is 5.69. The van der Waals surface area contributed by atoms with Crippen LogP contribution < -0.4 is 0 Å². The summed E-state index contributed by atoms with van der Waals surface area (Å²) >= 11 is 5.70. The van der Waals surface area contributed by atoms with E-state index in [4.69, 9.17) is 11.6 Å². The van der Waals surface area contributed by atoms with Crippen molar-refractivity contribution in [3.05, 3.63) is 12.3 Å². The van der Waals surface area contributed by atoms with Gasteiger partial charge in [-0.2, -0.15) is 0 Å². The third-order valence-corrected chi connectivity index (χ3v) is 1.45. The first-order valence-corrected chi connectivity index (χ1v) is 3.55. The molecule has 2 nitrogen and oxygen atoms in total. The van der Waals surface area contributed by atoms with Crippen molar-refractivity contribution in [2.75, 3.05) is 14.1 Å². The number of allylic oxidation sites excluding steroid dienone is 1. The van der Waals surface area contributed by atoms with Crippen molar-refractivity contribution in [2.45, 2.75) is 13.3 Å². The minimum Gasteiger partial charge on any atom is -0.353 e. The SMILES string of the molecule is C=C(CC)N=C(Cl)N(C)C. The van der Waals surface area contributed by atoms with Gasteiger partial charge in [-0.1, -0.05) is 13.5 Å². The summed E-state index contributed by atoms with van der Waals surface area (Å²) in [6.07, 6.45) is 0.837. The number of hydrogen-bond donors (Lipinski definition) is 0. The molecular formula is C7H13ClN2. The van der Waals surface area contributed by atoms with E-state index in [1.807, 2.05) is 21.0 Å². The Bertz CT molecular complexity index is 150. The average Bonchev–Trinajstić information content (AvgIpc) is 1.87. The number of halogens is 1. The highest BCUT2D eigenvalue weighted by atomic mass is 35.5. The monoisotopic (exact) mass is 160 g/mol. The Hall–Kier alpha value is -0.500. The summed E-state index contributed by atoms with van der Waals surface area (Å²) in [4.78, 5) is 5.75. The average molecular weight is 161 g/mol. The summed E-state index contributed by atoms with van der Waals surface area (Å²) in [5.41, 5.74) is 0.804. The second-order valence-corrected chi connectivity index (χ2v) is 2.53. The largest absolute Gasteiger partial charge is 0.353 e. The normalized spacial score (nSPS) is 11.4. The minimum absolute atomic E-state index is 0.479. The molecule has 0 aliphatic heterocycles. The van der Waals surface area contributed by atoms with Crippen LogP contribution in [0.25, 0.3) is 0 Å². The summed E-state index contributed by atoms with van der Waals surface area (Å²) < 4.78 is 0. The predicted octanol–water partition coefficient (Wildman–Crippen LogP) is 2.07. The maximum Gasteiger partial charge on any atom is 0.198 e. The fraction of sp³-hybridized carbons (Fsp3) is 0.571. The molecule has 10 heavy (non-hydrogen) atoms. The summed E-state index contributed by atoms with van der Waals surface area (Å²) in [5.74, 6) is 0. The molecule has 0 amide bonds. The van der Waals surface area contributed by atoms with Gasteiger partial charge in [-0.05, 0) is 18.0 Å². The van der Waals surface area contributed by atoms with Crippen molar-refractivity contribution in [3.8, 4) is 0 Å². The van der Waals surface area contributed by atoms with Crippen LogP contribution in [0.5, 0.6) is 0 Å². The van der Waals surface area contributed by atoms with E-state index in [2.05, 4.69) is 11.6 Å². The first-order valence-electron chi connectivity index (χ1n) is 3.17. The zero-order valence-corrected chi connectivity index (χ0v) is 7.44. The van der Waals surface area contributed by atoms with E-state index in [1.54, 1.807) is 4.90 Å². The molecule has 0 spiro atoms. The fourth-order valence-corrected chi connectivity index (χ4v) is 0.429. The lowest BCUT2D eigenvalue weighted by Crippen LogP contribution is -2.15. The zero-order valence-electron chi connectivity index (χ0n) is 6.69. The molecule has 0 unspecified atom stereocenters. The van der Waals surface area contributed by atoms with Crippen LogP contribution >= 0.6 is 11.6 Å². The molecule has 0 aromatic heterocycles. The van der Waals surface area contributed by atoms with Crippen molar-refractivity contribution in [3.63, 3.8) is 0 Å². The molecule has 0 saturated carbocycles. The minimum atomic E-state index is 0.479. The summed E-state index contributed by atoms with van der Waals surface area (Å²) in [5, 5.41) is 0.479. The van der Waals surface area contributed by atoms with Gasteiger partial charge < -0.3 is 4.90 Å². The van der Waals surface area contributed by atoms with Gasteiger partial charge >= 0.3 is 0 Å². The molecule has 0 heterocycles. The molecule has 0 N–H and O–H groups in total. The molecule has 0 bridgehead atoms. The summed E-state index contributed by atoms with van der Waals surface area (Å²) in [7, 11) is 3.68. The number of aliphatic imine (C=N–C) groups is 1. The Kier molecular flexibility index (Phi) is 4.12. The fourth-order valence-electron chi connectivity index (χ4n) is 0.310. The second kappa shape index (κ2) is 4.34. The van der Waals surface area contributed by atoms with Crippen LogP contribution in [0.3, 0.4) is 0 Å². The Labute approximate surface area is 67.2 Å². The van der Waals surface area contributed by atoms with Crippen LogP contribution in [0.1, 0.15) is 13.3 Å². The van der Waals surface area contributed by atoms with E-state index in [9.17, 15) is 0 Å². The smallest absolute Gasteiger partial charge is 0.198 e. The lowest BCUT2D eigenvalue weighted by Gasteiger charge is -2.08. The zero-order chi connectivity index (χ0) is 8.15. The molecule has 0 aromatic carbocycles. The van der Waals surface area contributed by atoms with Gasteiger partial charge in [-0.15, -0.1) is 0 Å². The molecular weight excluding hydrogens is 148 g/mol. The van der Waals surface area contributed by atoms with Gasteiger partial charge in [0.25, 0.3) is 0 Å². The molecule has 0 atom stereocenters. The number of hydrogen-bond acceptors (Lipinski definition) is 1. The van der Waals surface area contributed by atoms with Gasteiger partial charge in [-0.25, -0.2) is 4.99 Å². The molecule has 0 aliphatic carbocycles. The van der Waals surface area contributed by atoms with Crippen molar-refractivity contribution < 1.29 is 0 Å². The molecule has 0 aliphatic rings. The molecule has 58 valence electrons. The van der Waals surface area contributed by atoms with Gasteiger partial charge in [0.1, 0.15) is 0 Å². The predicted molar refractivity (Wildman–Crippen MR) is 46.4 cm³/mol. The summed E-state index contributed by atoms with van der Waals surface area (Å²) in [6, 6.07) is 0. The Morgan fingerprint density at radius 1 is 1.60 bits per heavy atom. The lowest BCUT2D eigenvalue weighted by molar-refractivity contribution is 0.633. The maximum absolute atomic E-state index is 5.70. The van der Waals surface area contributed by atoms with Crippen LogP contribution in [0.4, 0.5) is 0 Å². The quantitative estimate of drug-likeness (QED) is 0.343. The Balaban J connectivity index is 4.03. The Morgan fingerprint density at radius 3 is 2.40 bits per heavy atom. The van der Waals surface area contributed by atoms with E-state index in [1.165, 1.54) is 0 Å². The first-order chi connectivity index (χ1) is 4.57. The van der Waals surface area contributed by atoms with E-state index < -0.39 is 0 Å². The number of rotatable bonds is 2. The van der Waals surface area contributed by atoms with Crippen molar-refractivity contribution in [2.24, 2.45) is 4.99 Å². The lowest BCUT2D eigenvalue weighted by atomic mass is 10.4. The van der Waals surface area contributed by atoms with Crippen LogP contribution in [-0.2, 0) is 0 Å². The standard InChI is InChI=1S/C7H13ClN2/c1-5-6(2)9-7(8)10(3)4/h2,5H2,1,3-4H3. The molecule has 3 heteroatoms. The van der Waals surface area contributed by atoms with E-state index in [-0.39, 0.29) is 0 Å². The molecule has 0 fully saturated rings. The van der Waals surface area contributed by atoms with Gasteiger partial charge in [-0.3, -0.25) is 0 Å². The van der Waals surface area contributed by atoms with E-state index >= 15 is 0 Å². The first kappa shape index (κ1) is 9.50. The van der Waals surface area contributed by atoms with Gasteiger partial charge in [0.2, 0.25) is 0 Å². The highest BCUT2D eigenvalue weighted by Crippen LogP contribution is 2.01. The van der Waals surface area contributed by atoms with Crippen molar-refractivity contribution in [1.82, 2.24) is 4.90 Å². The van der Waals surface area contributed by atoms with Crippen LogP contribution in [0.2, 0.25) is 0 Å². The van der Waals surface area contributed by atoms with Crippen molar-refractivity contribution in [1.29, 1.82) is 0 Å². The van der Waals surface area contributed by atoms with Gasteiger partial charge in [0.15, 0.2) is 5.29 Å². The van der Waals surface area contributed by atoms with E-state index in [0.717, 1.165) is 12.1 Å². The van der Waals surface area contributed by atoms with Crippen LogP contribution in [-0.4, -0.2) is 24.3 Å². The maximum atomic E-state index is 5.70. The molecule has 0 rings (SSSR count). The van der Waals surface area contributed by atoms with Crippen LogP contribution in [0, 0.1) is 0 Å². The van der Waals surface area contributed by atoms with E-state index in [0.29, 0.717) is 5.29 Å². The third kappa shape index (κ3) is 3.51. The van der Waals surface area contributed by atoms with Crippen molar-refractivity contribution >= 4 is 16.9 Å². The highest BCUT2D eigenvalue weighted by Gasteiger charge is 1.94.